The minimum atomic E-state index is -1.28. The van der Waals surface area contributed by atoms with Gasteiger partial charge in [0.15, 0.2) is 24.6 Å². The van der Waals surface area contributed by atoms with Gasteiger partial charge in [0.05, 0.1) is 23.8 Å². The maximum atomic E-state index is 12.2. The maximum absolute atomic E-state index is 12.2. The summed E-state index contributed by atoms with van der Waals surface area (Å²) in [6.45, 7) is 6.79. The average molecular weight is 839 g/mol. The number of carbonyl (C=O) groups excluding carboxylic acids is 4. The molecule has 0 spiro atoms. The van der Waals surface area contributed by atoms with Crippen molar-refractivity contribution in [3.8, 4) is 0 Å². The summed E-state index contributed by atoms with van der Waals surface area (Å²) in [6, 6.07) is 23.2. The van der Waals surface area contributed by atoms with Crippen molar-refractivity contribution in [3.05, 3.63) is 95.1 Å². The predicted molar refractivity (Wildman–Crippen MR) is 217 cm³/mol. The number of hydrogen-bond donors (Lipinski definition) is 3. The number of thiocarbonyl (C=S) groups is 1. The predicted octanol–water partition coefficient (Wildman–Crippen LogP) is 5.28. The van der Waals surface area contributed by atoms with Gasteiger partial charge in [-0.2, -0.15) is 0 Å². The van der Waals surface area contributed by atoms with Crippen molar-refractivity contribution < 1.29 is 57.4 Å². The molecule has 58 heavy (non-hydrogen) atoms. The van der Waals surface area contributed by atoms with E-state index in [4.69, 9.17) is 51.1 Å². The number of aliphatic hydroxyl groups is 1. The first kappa shape index (κ1) is 44.5. The molecule has 2 heterocycles. The summed E-state index contributed by atoms with van der Waals surface area (Å²) in [5.41, 5.74) is 10.5. The molecule has 5 rings (SSSR count). The first-order valence-electron chi connectivity index (χ1n) is 18.9. The van der Waals surface area contributed by atoms with Crippen molar-refractivity contribution in [2.24, 2.45) is 5.92 Å². The third-order valence-electron chi connectivity index (χ3n) is 9.66. The number of aliphatic hydroxyl groups excluding tert-OH is 1. The topological polar surface area (TPSA) is 191 Å². The SMILES string of the molecule is CC(=O)OCC1OC(CC(=S)NCc2ccc(C3OC(CSc4ccccc4N)C(C)C(c4ccc(CO)cc4)O3)cc2)C(OC(C)=O)C(OC(C)=O)C1OC(C)=O. The molecule has 3 aromatic carbocycles. The molecule has 16 heteroatoms. The molecule has 0 saturated carbocycles. The Morgan fingerprint density at radius 2 is 1.33 bits per heavy atom. The number of carbonyl (C=O) groups is 4. The Hall–Kier alpha value is -4.58. The second kappa shape index (κ2) is 20.9. The van der Waals surface area contributed by atoms with E-state index in [0.29, 0.717) is 23.0 Å². The molecule has 0 aromatic heterocycles. The Bertz CT molecular complexity index is 1900. The van der Waals surface area contributed by atoms with Crippen LogP contribution in [0.1, 0.15) is 75.7 Å². The van der Waals surface area contributed by atoms with Gasteiger partial charge in [-0.25, -0.2) is 0 Å². The van der Waals surface area contributed by atoms with E-state index in [1.165, 1.54) is 20.8 Å². The molecule has 0 aliphatic carbocycles. The van der Waals surface area contributed by atoms with Gasteiger partial charge in [0, 0.05) is 68.5 Å². The van der Waals surface area contributed by atoms with Crippen LogP contribution < -0.4 is 11.1 Å². The minimum Gasteiger partial charge on any atom is -0.463 e. The van der Waals surface area contributed by atoms with Gasteiger partial charge in [0.25, 0.3) is 0 Å². The Balaban J connectivity index is 1.28. The fourth-order valence-electron chi connectivity index (χ4n) is 6.82. The Labute approximate surface area is 347 Å². The van der Waals surface area contributed by atoms with Crippen LogP contribution in [-0.4, -0.2) is 83.0 Å². The van der Waals surface area contributed by atoms with Crippen molar-refractivity contribution in [3.63, 3.8) is 0 Å². The Morgan fingerprint density at radius 3 is 1.93 bits per heavy atom. The molecule has 9 atom stereocenters. The molecular weight excluding hydrogens is 789 g/mol. The lowest BCUT2D eigenvalue weighted by atomic mass is 9.91. The van der Waals surface area contributed by atoms with E-state index in [1.807, 2.05) is 72.8 Å². The number of nitrogen functional groups attached to an aromatic ring is 1. The molecule has 2 aliphatic heterocycles. The third-order valence-corrected chi connectivity index (χ3v) is 11.1. The fraction of sp³-hybridized carbons (Fsp3) is 0.452. The summed E-state index contributed by atoms with van der Waals surface area (Å²) in [6.07, 6.45) is -6.87. The lowest BCUT2D eigenvalue weighted by Crippen LogP contribution is -2.62. The third kappa shape index (κ3) is 12.2. The van der Waals surface area contributed by atoms with Gasteiger partial charge >= 0.3 is 23.9 Å². The number of rotatable bonds is 15. The van der Waals surface area contributed by atoms with Crippen LogP contribution in [-0.2, 0) is 65.5 Å². The summed E-state index contributed by atoms with van der Waals surface area (Å²) in [5, 5.41) is 12.8. The summed E-state index contributed by atoms with van der Waals surface area (Å²) in [4.78, 5) is 49.5. The van der Waals surface area contributed by atoms with E-state index in [2.05, 4.69) is 12.2 Å². The van der Waals surface area contributed by atoms with Crippen LogP contribution in [0.15, 0.2) is 77.7 Å². The molecule has 2 fully saturated rings. The molecule has 0 bridgehead atoms. The van der Waals surface area contributed by atoms with Crippen LogP contribution in [0.25, 0.3) is 0 Å². The smallest absolute Gasteiger partial charge is 0.303 e. The van der Waals surface area contributed by atoms with Gasteiger partial charge in [-0.3, -0.25) is 19.2 Å². The molecule has 2 aliphatic rings. The van der Waals surface area contributed by atoms with Crippen molar-refractivity contribution >= 4 is 58.5 Å². The molecule has 4 N–H and O–H groups in total. The molecule has 9 unspecified atom stereocenters. The van der Waals surface area contributed by atoms with Crippen molar-refractivity contribution in [2.75, 3.05) is 18.1 Å². The number of benzene rings is 3. The Kier molecular flexibility index (Phi) is 16.0. The van der Waals surface area contributed by atoms with Crippen LogP contribution in [0, 0.1) is 5.92 Å². The molecule has 312 valence electrons. The average Bonchev–Trinajstić information content (AvgIpc) is 3.18. The highest BCUT2D eigenvalue weighted by molar-refractivity contribution is 7.99. The van der Waals surface area contributed by atoms with Crippen molar-refractivity contribution in [1.29, 1.82) is 0 Å². The molecule has 2 saturated heterocycles. The van der Waals surface area contributed by atoms with E-state index in [1.54, 1.807) is 11.8 Å². The van der Waals surface area contributed by atoms with Gasteiger partial charge in [-0.1, -0.05) is 79.8 Å². The molecule has 0 amide bonds. The van der Waals surface area contributed by atoms with Crippen molar-refractivity contribution in [2.45, 2.75) is 108 Å². The van der Waals surface area contributed by atoms with Crippen LogP contribution in [0.2, 0.25) is 0 Å². The van der Waals surface area contributed by atoms with Gasteiger partial charge < -0.3 is 49.3 Å². The van der Waals surface area contributed by atoms with Gasteiger partial charge in [0.1, 0.15) is 18.8 Å². The van der Waals surface area contributed by atoms with E-state index in [0.717, 1.165) is 34.1 Å². The lowest BCUT2D eigenvalue weighted by Gasteiger charge is -2.44. The number of hydrogen-bond acceptors (Lipinski definition) is 15. The molecular formula is C42H50N2O12S2. The number of nitrogens with two attached hydrogens (primary N) is 1. The van der Waals surface area contributed by atoms with Crippen molar-refractivity contribution in [1.82, 2.24) is 5.32 Å². The summed E-state index contributed by atoms with van der Waals surface area (Å²) >= 11 is 7.33. The first-order chi connectivity index (χ1) is 27.7. The lowest BCUT2D eigenvalue weighted by molar-refractivity contribution is -0.268. The molecule has 14 nitrogen and oxygen atoms in total. The number of thioether (sulfide) groups is 1. The monoisotopic (exact) mass is 838 g/mol. The summed E-state index contributed by atoms with van der Waals surface area (Å²) in [5.74, 6) is -2.06. The second-order valence-electron chi connectivity index (χ2n) is 14.1. The Morgan fingerprint density at radius 1 is 0.741 bits per heavy atom. The van der Waals surface area contributed by atoms with Crippen LogP contribution in [0.5, 0.6) is 0 Å². The zero-order valence-electron chi connectivity index (χ0n) is 33.0. The van der Waals surface area contributed by atoms with E-state index >= 15 is 0 Å². The highest BCUT2D eigenvalue weighted by Crippen LogP contribution is 2.43. The summed E-state index contributed by atoms with van der Waals surface area (Å²) < 4.78 is 41.2. The standard InChI is InChI=1S/C42H50N2O12S2/c1-23-35(22-58-36-9-7-6-8-32(36)43)55-42(56-38(23)30-14-12-29(20-45)13-15-30)31-16-10-28(11-17-31)19-44-37(57)18-33-39(51-25(3)47)41(53-27(5)49)40(52-26(4)48)34(54-33)21-50-24(2)46/h6-17,23,33-35,38-42,45H,18-22,43H2,1-5H3,(H,44,57). The van der Waals surface area contributed by atoms with E-state index in [9.17, 15) is 24.3 Å². The van der Waals surface area contributed by atoms with Gasteiger partial charge in [-0.15, -0.1) is 11.8 Å². The fourth-order valence-corrected chi connectivity index (χ4v) is 8.20. The number of para-hydroxylation sites is 1. The largest absolute Gasteiger partial charge is 0.463 e. The number of nitrogens with one attached hydrogen (secondary N) is 1. The molecule has 0 radical (unpaired) electrons. The van der Waals surface area contributed by atoms with E-state index < -0.39 is 60.7 Å². The van der Waals surface area contributed by atoms with E-state index in [-0.39, 0.29) is 37.8 Å². The zero-order valence-corrected chi connectivity index (χ0v) is 34.6. The minimum absolute atomic E-state index is 0.000490. The van der Waals surface area contributed by atoms with Gasteiger partial charge in [0.2, 0.25) is 0 Å². The zero-order chi connectivity index (χ0) is 41.9. The van der Waals surface area contributed by atoms with Crippen LogP contribution >= 0.6 is 24.0 Å². The first-order valence-corrected chi connectivity index (χ1v) is 20.3. The number of esters is 4. The maximum Gasteiger partial charge on any atom is 0.303 e. The summed E-state index contributed by atoms with van der Waals surface area (Å²) in [7, 11) is 0. The van der Waals surface area contributed by atoms with Gasteiger partial charge in [-0.05, 0) is 28.8 Å². The normalized spacial score (nSPS) is 25.5. The number of anilines is 1. The second-order valence-corrected chi connectivity index (χ2v) is 15.7. The van der Waals surface area contributed by atoms with Crippen LogP contribution in [0.3, 0.4) is 0 Å². The quantitative estimate of drug-likeness (QED) is 0.0589. The van der Waals surface area contributed by atoms with Crippen LogP contribution in [0.4, 0.5) is 5.69 Å². The number of ether oxygens (including phenoxy) is 7. The highest BCUT2D eigenvalue weighted by atomic mass is 32.2. The molecule has 3 aromatic rings. The highest BCUT2D eigenvalue weighted by Gasteiger charge is 2.52.